The van der Waals surface area contributed by atoms with Crippen molar-refractivity contribution in [2.24, 2.45) is 5.73 Å². The van der Waals surface area contributed by atoms with Crippen LogP contribution in [0.1, 0.15) is 19.4 Å². The second-order valence-corrected chi connectivity index (χ2v) is 5.34. The molecule has 3 N–H and O–H groups in total. The first-order chi connectivity index (χ1) is 7.22. The topological polar surface area (TPSA) is 38.0 Å². The minimum atomic E-state index is 0.672. The van der Waals surface area contributed by atoms with Gasteiger partial charge < -0.3 is 11.1 Å². The standard InChI is InChI=1S/C12H20N2S/c1-10(2)15-9-11-3-5-12(6-4-11)14-8-7-13/h3-6,10,14H,7-9,13H2,1-2H3. The highest BCUT2D eigenvalue weighted by Crippen LogP contribution is 2.18. The lowest BCUT2D eigenvalue weighted by atomic mass is 10.2. The van der Waals surface area contributed by atoms with Gasteiger partial charge in [0.2, 0.25) is 0 Å². The summed E-state index contributed by atoms with van der Waals surface area (Å²) in [5.74, 6) is 1.09. The molecule has 0 aliphatic rings. The fraction of sp³-hybridized carbons (Fsp3) is 0.500. The molecule has 2 nitrogen and oxygen atoms in total. The molecule has 0 bridgehead atoms. The van der Waals surface area contributed by atoms with Crippen LogP contribution in [0.5, 0.6) is 0 Å². The number of rotatable bonds is 6. The molecule has 3 heteroatoms. The lowest BCUT2D eigenvalue weighted by molar-refractivity contribution is 1.02. The van der Waals surface area contributed by atoms with Gasteiger partial charge in [0.05, 0.1) is 0 Å². The van der Waals surface area contributed by atoms with Gasteiger partial charge in [-0.05, 0) is 22.9 Å². The molecule has 0 fully saturated rings. The zero-order chi connectivity index (χ0) is 11.1. The molecule has 0 saturated carbocycles. The summed E-state index contributed by atoms with van der Waals surface area (Å²) < 4.78 is 0. The van der Waals surface area contributed by atoms with E-state index in [0.29, 0.717) is 11.8 Å². The van der Waals surface area contributed by atoms with Gasteiger partial charge in [-0.2, -0.15) is 11.8 Å². The maximum atomic E-state index is 5.42. The number of hydrogen-bond acceptors (Lipinski definition) is 3. The van der Waals surface area contributed by atoms with E-state index in [1.807, 2.05) is 11.8 Å². The van der Waals surface area contributed by atoms with Crippen molar-refractivity contribution in [3.05, 3.63) is 29.8 Å². The van der Waals surface area contributed by atoms with Crippen LogP contribution in [0.2, 0.25) is 0 Å². The third-order valence-corrected chi connectivity index (χ3v) is 3.18. The second kappa shape index (κ2) is 6.75. The Bertz CT molecular complexity index is 269. The molecular formula is C12H20N2S. The van der Waals surface area contributed by atoms with E-state index in [-0.39, 0.29) is 0 Å². The van der Waals surface area contributed by atoms with Crippen molar-refractivity contribution < 1.29 is 0 Å². The molecule has 0 saturated heterocycles. The Hall–Kier alpha value is -0.670. The summed E-state index contributed by atoms with van der Waals surface area (Å²) in [5, 5.41) is 3.95. The molecule has 0 heterocycles. The summed E-state index contributed by atoms with van der Waals surface area (Å²) in [7, 11) is 0. The monoisotopic (exact) mass is 224 g/mol. The van der Waals surface area contributed by atoms with E-state index in [0.717, 1.165) is 18.0 Å². The summed E-state index contributed by atoms with van der Waals surface area (Å²) in [5.41, 5.74) is 7.95. The van der Waals surface area contributed by atoms with Gasteiger partial charge >= 0.3 is 0 Å². The molecule has 0 aliphatic heterocycles. The van der Waals surface area contributed by atoms with Crippen molar-refractivity contribution in [2.75, 3.05) is 18.4 Å². The Kier molecular flexibility index (Phi) is 5.58. The highest BCUT2D eigenvalue weighted by atomic mass is 32.2. The summed E-state index contributed by atoms with van der Waals surface area (Å²) >= 11 is 1.97. The van der Waals surface area contributed by atoms with Crippen molar-refractivity contribution in [3.63, 3.8) is 0 Å². The summed E-state index contributed by atoms with van der Waals surface area (Å²) in [6.45, 7) is 5.95. The van der Waals surface area contributed by atoms with E-state index < -0.39 is 0 Å². The summed E-state index contributed by atoms with van der Waals surface area (Å²) in [4.78, 5) is 0. The molecule has 1 aromatic rings. The first-order valence-corrected chi connectivity index (χ1v) is 6.41. The summed E-state index contributed by atoms with van der Waals surface area (Å²) in [6.07, 6.45) is 0. The van der Waals surface area contributed by atoms with Crippen LogP contribution in [0.3, 0.4) is 0 Å². The molecule has 0 radical (unpaired) electrons. The van der Waals surface area contributed by atoms with E-state index in [2.05, 4.69) is 43.4 Å². The molecule has 1 rings (SSSR count). The van der Waals surface area contributed by atoms with Crippen LogP contribution >= 0.6 is 11.8 Å². The van der Waals surface area contributed by atoms with Gasteiger partial charge in [-0.1, -0.05) is 26.0 Å². The lowest BCUT2D eigenvalue weighted by Gasteiger charge is -2.07. The molecule has 0 atom stereocenters. The van der Waals surface area contributed by atoms with Crippen molar-refractivity contribution >= 4 is 17.4 Å². The maximum absolute atomic E-state index is 5.42. The van der Waals surface area contributed by atoms with Gasteiger partial charge in [-0.25, -0.2) is 0 Å². The van der Waals surface area contributed by atoms with Gasteiger partial charge in [-0.15, -0.1) is 0 Å². The minimum absolute atomic E-state index is 0.672. The summed E-state index contributed by atoms with van der Waals surface area (Å²) in [6, 6.07) is 8.58. The highest BCUT2D eigenvalue weighted by molar-refractivity contribution is 7.99. The molecular weight excluding hydrogens is 204 g/mol. The number of benzene rings is 1. The number of thioether (sulfide) groups is 1. The smallest absolute Gasteiger partial charge is 0.0340 e. The van der Waals surface area contributed by atoms with Crippen LogP contribution in [0.15, 0.2) is 24.3 Å². The number of hydrogen-bond donors (Lipinski definition) is 2. The second-order valence-electron chi connectivity index (χ2n) is 3.77. The Morgan fingerprint density at radius 2 is 1.93 bits per heavy atom. The van der Waals surface area contributed by atoms with Gasteiger partial charge in [0.15, 0.2) is 0 Å². The maximum Gasteiger partial charge on any atom is 0.0340 e. The Balaban J connectivity index is 2.41. The third kappa shape index (κ3) is 5.09. The van der Waals surface area contributed by atoms with E-state index in [4.69, 9.17) is 5.73 Å². The Morgan fingerprint density at radius 3 is 2.47 bits per heavy atom. The molecule has 15 heavy (non-hydrogen) atoms. The molecule has 0 aliphatic carbocycles. The number of anilines is 1. The average Bonchev–Trinajstić information content (AvgIpc) is 2.25. The van der Waals surface area contributed by atoms with Crippen LogP contribution in [0, 0.1) is 0 Å². The molecule has 0 aromatic heterocycles. The molecule has 0 spiro atoms. The lowest BCUT2D eigenvalue weighted by Crippen LogP contribution is -2.12. The highest BCUT2D eigenvalue weighted by Gasteiger charge is 1.97. The zero-order valence-electron chi connectivity index (χ0n) is 9.49. The van der Waals surface area contributed by atoms with E-state index in [1.165, 1.54) is 5.56 Å². The quantitative estimate of drug-likeness (QED) is 0.780. The number of nitrogens with two attached hydrogens (primary N) is 1. The van der Waals surface area contributed by atoms with Crippen molar-refractivity contribution in [1.29, 1.82) is 0 Å². The predicted octanol–water partition coefficient (Wildman–Crippen LogP) is 2.70. The molecule has 1 aromatic carbocycles. The van der Waals surface area contributed by atoms with Crippen LogP contribution in [0.4, 0.5) is 5.69 Å². The fourth-order valence-corrected chi connectivity index (χ4v) is 1.92. The Morgan fingerprint density at radius 1 is 1.27 bits per heavy atom. The minimum Gasteiger partial charge on any atom is -0.384 e. The van der Waals surface area contributed by atoms with E-state index >= 15 is 0 Å². The first-order valence-electron chi connectivity index (χ1n) is 5.37. The van der Waals surface area contributed by atoms with Gasteiger partial charge in [-0.3, -0.25) is 0 Å². The van der Waals surface area contributed by atoms with Gasteiger partial charge in [0.25, 0.3) is 0 Å². The van der Waals surface area contributed by atoms with Crippen molar-refractivity contribution in [3.8, 4) is 0 Å². The number of nitrogens with one attached hydrogen (secondary N) is 1. The van der Waals surface area contributed by atoms with Gasteiger partial charge in [0, 0.05) is 24.5 Å². The normalized spacial score (nSPS) is 10.7. The molecule has 84 valence electrons. The van der Waals surface area contributed by atoms with Crippen molar-refractivity contribution in [2.45, 2.75) is 24.9 Å². The first kappa shape index (κ1) is 12.4. The van der Waals surface area contributed by atoms with E-state index in [1.54, 1.807) is 0 Å². The SMILES string of the molecule is CC(C)SCc1ccc(NCCN)cc1. The Labute approximate surface area is 96.6 Å². The average molecular weight is 224 g/mol. The van der Waals surface area contributed by atoms with Gasteiger partial charge in [0.1, 0.15) is 0 Å². The molecule has 0 amide bonds. The molecule has 0 unspecified atom stereocenters. The largest absolute Gasteiger partial charge is 0.384 e. The third-order valence-electron chi connectivity index (χ3n) is 2.01. The van der Waals surface area contributed by atoms with Crippen LogP contribution < -0.4 is 11.1 Å². The van der Waals surface area contributed by atoms with E-state index in [9.17, 15) is 0 Å². The fourth-order valence-electron chi connectivity index (χ4n) is 1.20. The predicted molar refractivity (Wildman–Crippen MR) is 70.4 cm³/mol. The van der Waals surface area contributed by atoms with Crippen molar-refractivity contribution in [1.82, 2.24) is 0 Å². The van der Waals surface area contributed by atoms with Crippen LogP contribution in [-0.2, 0) is 5.75 Å². The zero-order valence-corrected chi connectivity index (χ0v) is 10.3. The van der Waals surface area contributed by atoms with Crippen LogP contribution in [0.25, 0.3) is 0 Å². The van der Waals surface area contributed by atoms with Crippen LogP contribution in [-0.4, -0.2) is 18.3 Å².